The van der Waals surface area contributed by atoms with Crippen molar-refractivity contribution in [1.82, 2.24) is 0 Å². The molecule has 0 radical (unpaired) electrons. The Morgan fingerprint density at radius 1 is 0.957 bits per heavy atom. The average Bonchev–Trinajstić information content (AvgIpc) is 2.58. The molecule has 0 unspecified atom stereocenters. The summed E-state index contributed by atoms with van der Waals surface area (Å²) in [5.41, 5.74) is 9.13. The van der Waals surface area contributed by atoms with E-state index in [0.29, 0.717) is 0 Å². The Morgan fingerprint density at radius 3 is 2.35 bits per heavy atom. The fraction of sp³-hybridized carbons (Fsp3) is 0.0556. The average molecular weight is 301 g/mol. The predicted molar refractivity (Wildman–Crippen MR) is 89.5 cm³/mol. The molecular weight excluding hydrogens is 290 g/mol. The fourth-order valence-electron chi connectivity index (χ4n) is 3.13. The van der Waals surface area contributed by atoms with Gasteiger partial charge in [0.15, 0.2) is 0 Å². The largest absolute Gasteiger partial charge is 0.456 e. The number of hydrogen-bond donors (Lipinski definition) is 0. The van der Waals surface area contributed by atoms with Gasteiger partial charge in [0.2, 0.25) is 0 Å². The fourth-order valence-corrected chi connectivity index (χ4v) is 3.13. The normalized spacial score (nSPS) is 11.0. The van der Waals surface area contributed by atoms with Crippen molar-refractivity contribution < 1.29 is 9.53 Å². The van der Waals surface area contributed by atoms with Crippen LogP contribution in [0.25, 0.3) is 42.8 Å². The van der Waals surface area contributed by atoms with Gasteiger partial charge in [-0.25, -0.2) is 4.79 Å². The molecule has 0 atom stereocenters. The first-order valence-corrected chi connectivity index (χ1v) is 7.15. The van der Waals surface area contributed by atoms with Gasteiger partial charge in [-0.2, -0.15) is 0 Å². The van der Waals surface area contributed by atoms with Crippen LogP contribution in [0, 0.1) is 0 Å². The summed E-state index contributed by atoms with van der Waals surface area (Å²) in [4.78, 5) is 13.7. The van der Waals surface area contributed by atoms with Gasteiger partial charge in [0, 0.05) is 10.0 Å². The summed E-state index contributed by atoms with van der Waals surface area (Å²) in [7, 11) is 0. The maximum atomic E-state index is 11.2. The predicted octanol–water partition coefficient (Wildman–Crippen LogP) is 5.53. The van der Waals surface area contributed by atoms with E-state index in [1.54, 1.807) is 0 Å². The number of amides is 1. The van der Waals surface area contributed by atoms with Crippen molar-refractivity contribution in [3.05, 3.63) is 70.6 Å². The van der Waals surface area contributed by atoms with Crippen LogP contribution in [-0.4, -0.2) is 6.09 Å². The second kappa shape index (κ2) is 5.16. The summed E-state index contributed by atoms with van der Waals surface area (Å²) in [5.74, 6) is 0. The topological polar surface area (TPSA) is 75.1 Å². The van der Waals surface area contributed by atoms with Crippen LogP contribution in [0.1, 0.15) is 5.56 Å². The Kier molecular flexibility index (Phi) is 3.00. The van der Waals surface area contributed by atoms with Gasteiger partial charge in [-0.15, -0.1) is 0 Å². The summed E-state index contributed by atoms with van der Waals surface area (Å²) < 4.78 is 5.00. The van der Waals surface area contributed by atoms with Crippen LogP contribution < -0.4 is 0 Å². The van der Waals surface area contributed by atoms with Crippen LogP contribution in [0.3, 0.4) is 0 Å². The lowest BCUT2D eigenvalue weighted by Crippen LogP contribution is -1.99. The minimum Gasteiger partial charge on any atom is -0.456 e. The standard InChI is InChI=1S/C18H11N3O2/c19-21-20-18(22)23-10-14-7-6-13-5-4-11-2-1-3-12-8-9-15(14)17(13)16(11)12/h1-9H,10H2. The van der Waals surface area contributed by atoms with Gasteiger partial charge < -0.3 is 4.74 Å². The molecule has 0 heterocycles. The van der Waals surface area contributed by atoms with Crippen molar-refractivity contribution in [2.45, 2.75) is 6.61 Å². The summed E-state index contributed by atoms with van der Waals surface area (Å²) in [6, 6.07) is 18.5. The van der Waals surface area contributed by atoms with Crippen molar-refractivity contribution in [3.8, 4) is 0 Å². The van der Waals surface area contributed by atoms with Crippen molar-refractivity contribution in [3.63, 3.8) is 0 Å². The zero-order valence-corrected chi connectivity index (χ0v) is 12.1. The van der Waals surface area contributed by atoms with Gasteiger partial charge in [-0.05, 0) is 43.4 Å². The van der Waals surface area contributed by atoms with Crippen molar-refractivity contribution in [1.29, 1.82) is 0 Å². The number of hydrogen-bond acceptors (Lipinski definition) is 2. The van der Waals surface area contributed by atoms with E-state index in [4.69, 9.17) is 10.3 Å². The zero-order valence-electron chi connectivity index (χ0n) is 12.1. The molecule has 110 valence electrons. The van der Waals surface area contributed by atoms with E-state index >= 15 is 0 Å². The highest BCUT2D eigenvalue weighted by Crippen LogP contribution is 2.36. The molecule has 0 aromatic heterocycles. The van der Waals surface area contributed by atoms with Crippen LogP contribution >= 0.6 is 0 Å². The molecule has 1 amide bonds. The summed E-state index contributed by atoms with van der Waals surface area (Å²) in [6.07, 6.45) is -0.918. The summed E-state index contributed by atoms with van der Waals surface area (Å²) >= 11 is 0. The molecule has 0 aliphatic rings. The van der Waals surface area contributed by atoms with Gasteiger partial charge in [-0.1, -0.05) is 54.6 Å². The Balaban J connectivity index is 1.93. The Morgan fingerprint density at radius 2 is 1.61 bits per heavy atom. The van der Waals surface area contributed by atoms with Gasteiger partial charge in [0.25, 0.3) is 0 Å². The summed E-state index contributed by atoms with van der Waals surface area (Å²) in [6.45, 7) is 0.0754. The lowest BCUT2D eigenvalue weighted by atomic mass is 9.92. The minimum absolute atomic E-state index is 0.0754. The molecule has 4 aromatic rings. The summed E-state index contributed by atoms with van der Waals surface area (Å²) in [5, 5.41) is 9.86. The maximum absolute atomic E-state index is 11.2. The lowest BCUT2D eigenvalue weighted by Gasteiger charge is -2.13. The Bertz CT molecular complexity index is 1080. The lowest BCUT2D eigenvalue weighted by molar-refractivity contribution is 0.150. The molecule has 0 N–H and O–H groups in total. The number of carbonyl (C=O) groups is 1. The van der Waals surface area contributed by atoms with E-state index in [1.165, 1.54) is 16.2 Å². The molecule has 0 saturated heterocycles. The number of nitrogens with zero attached hydrogens (tertiary/aromatic N) is 3. The molecular formula is C18H11N3O2. The van der Waals surface area contributed by atoms with E-state index in [2.05, 4.69) is 40.4 Å². The highest BCUT2D eigenvalue weighted by atomic mass is 16.5. The quantitative estimate of drug-likeness (QED) is 0.211. The van der Waals surface area contributed by atoms with Crippen LogP contribution in [0.15, 0.2) is 59.7 Å². The SMILES string of the molecule is [N-]=[N+]=NC(=O)OCc1ccc2ccc3cccc4ccc1c2c34. The zero-order chi connectivity index (χ0) is 15.8. The smallest absolute Gasteiger partial charge is 0.397 e. The number of azide groups is 1. The Hall–Kier alpha value is -3.30. The third-order valence-corrected chi connectivity index (χ3v) is 4.10. The monoisotopic (exact) mass is 301 g/mol. The van der Waals surface area contributed by atoms with Crippen molar-refractivity contribution >= 4 is 38.4 Å². The molecule has 0 bridgehead atoms. The number of ether oxygens (including phenoxy) is 1. The first-order chi connectivity index (χ1) is 11.3. The van der Waals surface area contributed by atoms with Crippen LogP contribution in [-0.2, 0) is 11.3 Å². The molecule has 5 heteroatoms. The van der Waals surface area contributed by atoms with Crippen molar-refractivity contribution in [2.75, 3.05) is 0 Å². The molecule has 0 fully saturated rings. The van der Waals surface area contributed by atoms with E-state index in [0.717, 1.165) is 21.7 Å². The van der Waals surface area contributed by atoms with E-state index in [1.807, 2.05) is 24.3 Å². The molecule has 0 aliphatic carbocycles. The van der Waals surface area contributed by atoms with Crippen molar-refractivity contribution in [2.24, 2.45) is 5.11 Å². The second-order valence-corrected chi connectivity index (χ2v) is 5.32. The van der Waals surface area contributed by atoms with E-state index < -0.39 is 6.09 Å². The Labute approximate surface area is 131 Å². The van der Waals surface area contributed by atoms with Gasteiger partial charge in [0.1, 0.15) is 6.61 Å². The molecule has 5 nitrogen and oxygen atoms in total. The molecule has 0 spiro atoms. The highest BCUT2D eigenvalue weighted by Gasteiger charge is 2.11. The third kappa shape index (κ3) is 2.11. The minimum atomic E-state index is -0.918. The molecule has 4 rings (SSSR count). The van der Waals surface area contributed by atoms with Crippen LogP contribution in [0.2, 0.25) is 0 Å². The molecule has 23 heavy (non-hydrogen) atoms. The molecule has 0 saturated carbocycles. The van der Waals surface area contributed by atoms with Crippen LogP contribution in [0.5, 0.6) is 0 Å². The second-order valence-electron chi connectivity index (χ2n) is 5.32. The number of rotatable bonds is 2. The van der Waals surface area contributed by atoms with Gasteiger partial charge in [-0.3, -0.25) is 0 Å². The maximum Gasteiger partial charge on any atom is 0.397 e. The number of benzene rings is 4. The first-order valence-electron chi connectivity index (χ1n) is 7.15. The van der Waals surface area contributed by atoms with Gasteiger partial charge >= 0.3 is 6.09 Å². The highest BCUT2D eigenvalue weighted by molar-refractivity contribution is 6.23. The van der Waals surface area contributed by atoms with E-state index in [9.17, 15) is 4.79 Å². The molecule has 4 aromatic carbocycles. The third-order valence-electron chi connectivity index (χ3n) is 4.10. The first kappa shape index (κ1) is 13.4. The van der Waals surface area contributed by atoms with E-state index in [-0.39, 0.29) is 6.61 Å². The van der Waals surface area contributed by atoms with Crippen LogP contribution in [0.4, 0.5) is 4.79 Å². The number of carbonyl (C=O) groups excluding carboxylic acids is 1. The van der Waals surface area contributed by atoms with Gasteiger partial charge in [0.05, 0.1) is 0 Å². The molecule has 0 aliphatic heterocycles.